The Bertz CT molecular complexity index is 276. The van der Waals surface area contributed by atoms with Crippen LogP contribution in [0.15, 0.2) is 0 Å². The zero-order valence-corrected chi connectivity index (χ0v) is 14.2. The molecule has 1 saturated carbocycles. The van der Waals surface area contributed by atoms with Crippen LogP contribution < -0.4 is 5.73 Å². The van der Waals surface area contributed by atoms with Gasteiger partial charge in [0.15, 0.2) is 0 Å². The Kier molecular flexibility index (Phi) is 9.12. The molecule has 3 nitrogen and oxygen atoms in total. The fourth-order valence-corrected chi connectivity index (χ4v) is 3.84. The van der Waals surface area contributed by atoms with Crippen molar-refractivity contribution < 1.29 is 4.79 Å². The predicted molar refractivity (Wildman–Crippen MR) is 87.0 cm³/mol. The first kappa shape index (κ1) is 19.1. The molecule has 1 amide bonds. The molecule has 0 bridgehead atoms. The molecule has 3 atom stereocenters. The van der Waals surface area contributed by atoms with E-state index >= 15 is 0 Å². The molecule has 0 aromatic heterocycles. The number of carbonyl (C=O) groups is 1. The minimum atomic E-state index is -0.326. The van der Waals surface area contributed by atoms with E-state index < -0.39 is 0 Å². The summed E-state index contributed by atoms with van der Waals surface area (Å²) in [6.45, 7) is 6.42. The maximum absolute atomic E-state index is 12.2. The van der Waals surface area contributed by atoms with Gasteiger partial charge in [-0.25, -0.2) is 0 Å². The number of nitrogens with two attached hydrogens (primary N) is 1. The molecule has 1 fully saturated rings. The van der Waals surface area contributed by atoms with Crippen molar-refractivity contribution in [2.24, 2.45) is 11.7 Å². The first-order valence-corrected chi connectivity index (χ1v) is 8.14. The van der Waals surface area contributed by atoms with Gasteiger partial charge in [0, 0.05) is 18.3 Å². The molecule has 0 saturated heterocycles. The van der Waals surface area contributed by atoms with Gasteiger partial charge in [0.05, 0.1) is 6.04 Å². The van der Waals surface area contributed by atoms with E-state index in [0.717, 1.165) is 24.5 Å². The summed E-state index contributed by atoms with van der Waals surface area (Å²) >= 11 is 2.02. The van der Waals surface area contributed by atoms with Gasteiger partial charge < -0.3 is 10.6 Å². The Labute approximate surface area is 128 Å². The van der Waals surface area contributed by atoms with Crippen molar-refractivity contribution in [1.29, 1.82) is 0 Å². The molecule has 0 radical (unpaired) electrons. The quantitative estimate of drug-likeness (QED) is 0.820. The van der Waals surface area contributed by atoms with Crippen molar-refractivity contribution in [3.63, 3.8) is 0 Å². The molecule has 1 rings (SSSR count). The average molecular weight is 309 g/mol. The Morgan fingerprint density at radius 3 is 2.58 bits per heavy atom. The molecule has 0 aliphatic heterocycles. The zero-order valence-electron chi connectivity index (χ0n) is 12.6. The average Bonchev–Trinajstić information content (AvgIpc) is 2.75. The number of hydrogen-bond donors (Lipinski definition) is 1. The third kappa shape index (κ3) is 5.92. The van der Waals surface area contributed by atoms with Gasteiger partial charge in [-0.15, -0.1) is 12.4 Å². The van der Waals surface area contributed by atoms with Crippen LogP contribution in [0.5, 0.6) is 0 Å². The Morgan fingerprint density at radius 1 is 1.42 bits per heavy atom. The van der Waals surface area contributed by atoms with E-state index in [2.05, 4.69) is 20.8 Å². The number of carbonyl (C=O) groups excluding carboxylic acids is 1. The molecule has 114 valence electrons. The van der Waals surface area contributed by atoms with Crippen molar-refractivity contribution in [2.45, 2.75) is 63.8 Å². The van der Waals surface area contributed by atoms with Crippen LogP contribution in [0.25, 0.3) is 0 Å². The first-order valence-electron chi connectivity index (χ1n) is 7.09. The smallest absolute Gasteiger partial charge is 0.239 e. The van der Waals surface area contributed by atoms with E-state index in [-0.39, 0.29) is 24.4 Å². The molecule has 2 N–H and O–H groups in total. The second kappa shape index (κ2) is 9.09. The molecular weight excluding hydrogens is 280 g/mol. The molecule has 1 aliphatic rings. The van der Waals surface area contributed by atoms with Crippen molar-refractivity contribution in [1.82, 2.24) is 4.90 Å². The van der Waals surface area contributed by atoms with Gasteiger partial charge in [-0.2, -0.15) is 11.8 Å². The number of rotatable bonds is 6. The van der Waals surface area contributed by atoms with Crippen LogP contribution in [-0.2, 0) is 4.79 Å². The minimum Gasteiger partial charge on any atom is -0.341 e. The first-order chi connectivity index (χ1) is 8.45. The number of halogens is 1. The van der Waals surface area contributed by atoms with E-state index in [1.54, 1.807) is 0 Å². The van der Waals surface area contributed by atoms with Gasteiger partial charge >= 0.3 is 0 Å². The lowest BCUT2D eigenvalue weighted by atomic mass is 10.0. The van der Waals surface area contributed by atoms with Gasteiger partial charge in [0.25, 0.3) is 0 Å². The van der Waals surface area contributed by atoms with E-state index in [9.17, 15) is 4.79 Å². The van der Waals surface area contributed by atoms with Crippen LogP contribution >= 0.6 is 24.2 Å². The van der Waals surface area contributed by atoms with Crippen LogP contribution in [0, 0.1) is 5.92 Å². The van der Waals surface area contributed by atoms with Crippen LogP contribution in [-0.4, -0.2) is 40.9 Å². The number of thioether (sulfide) groups is 1. The SMILES string of the molecule is CCSC1CCC(N(C)C(=O)[C@@H](N)CC(C)C)C1.Cl. The van der Waals surface area contributed by atoms with Gasteiger partial charge in [0.1, 0.15) is 0 Å². The van der Waals surface area contributed by atoms with Crippen molar-refractivity contribution >= 4 is 30.1 Å². The molecule has 19 heavy (non-hydrogen) atoms. The molecule has 0 heterocycles. The summed E-state index contributed by atoms with van der Waals surface area (Å²) in [7, 11) is 1.92. The third-order valence-corrected chi connectivity index (χ3v) is 4.93. The lowest BCUT2D eigenvalue weighted by Crippen LogP contribution is -2.46. The molecule has 5 heteroatoms. The molecule has 0 aromatic carbocycles. The van der Waals surface area contributed by atoms with Gasteiger partial charge in [-0.05, 0) is 37.4 Å². The lowest BCUT2D eigenvalue weighted by Gasteiger charge is -2.28. The molecule has 0 spiro atoms. The van der Waals surface area contributed by atoms with Crippen molar-refractivity contribution in [3.05, 3.63) is 0 Å². The molecular formula is C14H29ClN2OS. The van der Waals surface area contributed by atoms with E-state index in [4.69, 9.17) is 5.73 Å². The number of likely N-dealkylation sites (N-methyl/N-ethyl adjacent to an activating group) is 1. The number of nitrogens with zero attached hydrogens (tertiary/aromatic N) is 1. The maximum Gasteiger partial charge on any atom is 0.239 e. The standard InChI is InChI=1S/C14H28N2OS.ClH/c1-5-18-12-7-6-11(9-12)16(4)14(17)13(15)8-10(2)3;/h10-13H,5-9,15H2,1-4H3;1H/t11?,12?,13-;/m0./s1. The van der Waals surface area contributed by atoms with Crippen LogP contribution in [0.2, 0.25) is 0 Å². The summed E-state index contributed by atoms with van der Waals surface area (Å²) in [4.78, 5) is 14.1. The Balaban J connectivity index is 0.00000324. The van der Waals surface area contributed by atoms with E-state index in [0.29, 0.717) is 12.0 Å². The fraction of sp³-hybridized carbons (Fsp3) is 0.929. The summed E-state index contributed by atoms with van der Waals surface area (Å²) in [5.41, 5.74) is 5.98. The largest absolute Gasteiger partial charge is 0.341 e. The Hall–Kier alpha value is 0.0700. The summed E-state index contributed by atoms with van der Waals surface area (Å²) < 4.78 is 0. The third-order valence-electron chi connectivity index (χ3n) is 3.70. The normalized spacial score (nSPS) is 24.1. The fourth-order valence-electron chi connectivity index (χ4n) is 2.71. The highest BCUT2D eigenvalue weighted by molar-refractivity contribution is 7.99. The van der Waals surface area contributed by atoms with Crippen molar-refractivity contribution in [3.8, 4) is 0 Å². The summed E-state index contributed by atoms with van der Waals surface area (Å²) in [6, 6.07) is 0.0765. The summed E-state index contributed by atoms with van der Waals surface area (Å²) in [5.74, 6) is 1.77. The van der Waals surface area contributed by atoms with E-state index in [1.165, 1.54) is 12.2 Å². The monoisotopic (exact) mass is 308 g/mol. The lowest BCUT2D eigenvalue weighted by molar-refractivity contribution is -0.133. The molecule has 0 aromatic rings. The van der Waals surface area contributed by atoms with E-state index in [1.807, 2.05) is 23.7 Å². The molecule has 1 aliphatic carbocycles. The second-order valence-corrected chi connectivity index (χ2v) is 7.31. The topological polar surface area (TPSA) is 46.3 Å². The second-order valence-electron chi connectivity index (χ2n) is 5.73. The zero-order chi connectivity index (χ0) is 13.7. The predicted octanol–water partition coefficient (Wildman–Crippen LogP) is 2.91. The molecule has 2 unspecified atom stereocenters. The van der Waals surface area contributed by atoms with Gasteiger partial charge in [0.2, 0.25) is 5.91 Å². The summed E-state index contributed by atoms with van der Waals surface area (Å²) in [5, 5.41) is 0.733. The van der Waals surface area contributed by atoms with Gasteiger partial charge in [-0.3, -0.25) is 4.79 Å². The number of amides is 1. The Morgan fingerprint density at radius 2 is 2.05 bits per heavy atom. The van der Waals surface area contributed by atoms with Gasteiger partial charge in [-0.1, -0.05) is 20.8 Å². The van der Waals surface area contributed by atoms with Crippen molar-refractivity contribution in [2.75, 3.05) is 12.8 Å². The number of hydrogen-bond acceptors (Lipinski definition) is 3. The van der Waals surface area contributed by atoms with Crippen LogP contribution in [0.1, 0.15) is 46.5 Å². The highest BCUT2D eigenvalue weighted by Gasteiger charge is 2.31. The highest BCUT2D eigenvalue weighted by atomic mass is 35.5. The van der Waals surface area contributed by atoms with Crippen LogP contribution in [0.3, 0.4) is 0 Å². The van der Waals surface area contributed by atoms with Crippen LogP contribution in [0.4, 0.5) is 0 Å². The summed E-state index contributed by atoms with van der Waals surface area (Å²) in [6.07, 6.45) is 4.28. The highest BCUT2D eigenvalue weighted by Crippen LogP contribution is 2.32. The maximum atomic E-state index is 12.2. The minimum absolute atomic E-state index is 0.